The van der Waals surface area contributed by atoms with Crippen LogP contribution in [0.5, 0.6) is 0 Å². The summed E-state index contributed by atoms with van der Waals surface area (Å²) in [6.45, 7) is 0.578. The number of aromatic nitrogens is 2. The fourth-order valence-corrected chi connectivity index (χ4v) is 1.59. The number of aromatic carboxylic acids is 1. The lowest BCUT2D eigenvalue weighted by Crippen LogP contribution is -2.17. The quantitative estimate of drug-likeness (QED) is 0.829. The molecule has 0 spiro atoms. The molecule has 2 rings (SSSR count). The molecule has 2 aromatic rings. The fourth-order valence-electron chi connectivity index (χ4n) is 1.59. The number of rotatable bonds is 4. The summed E-state index contributed by atoms with van der Waals surface area (Å²) in [6.07, 6.45) is 3.97. The molecule has 1 aromatic carbocycles. The Morgan fingerprint density at radius 1 is 1.29 bits per heavy atom. The van der Waals surface area contributed by atoms with E-state index in [1.807, 2.05) is 0 Å². The molecule has 88 valence electrons. The average molecular weight is 232 g/mol. The van der Waals surface area contributed by atoms with E-state index in [-0.39, 0.29) is 11.3 Å². The summed E-state index contributed by atoms with van der Waals surface area (Å²) in [7, 11) is 0. The van der Waals surface area contributed by atoms with Crippen molar-refractivity contribution in [1.82, 2.24) is 9.55 Å². The number of nitrogens with zero attached hydrogens (tertiary/aromatic N) is 1. The van der Waals surface area contributed by atoms with Crippen molar-refractivity contribution in [2.24, 2.45) is 0 Å². The second-order valence-corrected chi connectivity index (χ2v) is 3.71. The van der Waals surface area contributed by atoms with E-state index in [0.29, 0.717) is 13.0 Å². The maximum atomic E-state index is 11.2. The number of nitrogens with one attached hydrogen (secondary N) is 1. The molecule has 1 heterocycles. The number of carboxylic acids is 1. The Hall–Kier alpha value is -2.30. The lowest BCUT2D eigenvalue weighted by atomic mass is 10.1. The maximum absolute atomic E-state index is 11.2. The summed E-state index contributed by atoms with van der Waals surface area (Å²) in [5, 5.41) is 8.74. The van der Waals surface area contributed by atoms with Gasteiger partial charge in [0.15, 0.2) is 0 Å². The van der Waals surface area contributed by atoms with Crippen LogP contribution in [0.15, 0.2) is 41.5 Å². The predicted octanol–water partition coefficient (Wildman–Crippen LogP) is 1.12. The Bertz CT molecular complexity index is 566. The molecule has 2 N–H and O–H groups in total. The fraction of sp³-hybridized carbons (Fsp3) is 0.167. The van der Waals surface area contributed by atoms with E-state index in [2.05, 4.69) is 4.98 Å². The summed E-state index contributed by atoms with van der Waals surface area (Å²) < 4.78 is 1.57. The monoisotopic (exact) mass is 232 g/mol. The number of aromatic amines is 1. The number of hydrogen-bond acceptors (Lipinski definition) is 2. The molecule has 0 aliphatic heterocycles. The predicted molar refractivity (Wildman–Crippen MR) is 62.2 cm³/mol. The van der Waals surface area contributed by atoms with Crippen LogP contribution in [0.1, 0.15) is 15.9 Å². The third-order valence-corrected chi connectivity index (χ3v) is 2.56. The van der Waals surface area contributed by atoms with Gasteiger partial charge in [-0.15, -0.1) is 0 Å². The van der Waals surface area contributed by atoms with Gasteiger partial charge in [0.05, 0.1) is 5.56 Å². The van der Waals surface area contributed by atoms with Crippen LogP contribution in [0, 0.1) is 0 Å². The Labute approximate surface area is 97.3 Å². The highest BCUT2D eigenvalue weighted by Crippen LogP contribution is 2.05. The van der Waals surface area contributed by atoms with Gasteiger partial charge in [-0.1, -0.05) is 12.1 Å². The molecular weight excluding hydrogens is 220 g/mol. The van der Waals surface area contributed by atoms with E-state index < -0.39 is 5.97 Å². The molecular formula is C12H12N2O3. The third kappa shape index (κ3) is 2.63. The highest BCUT2D eigenvalue weighted by molar-refractivity contribution is 5.87. The normalized spacial score (nSPS) is 10.4. The Kier molecular flexibility index (Phi) is 3.09. The molecule has 0 unspecified atom stereocenters. The summed E-state index contributed by atoms with van der Waals surface area (Å²) in [6, 6.07) is 6.66. The standard InChI is InChI=1S/C12H12N2O3/c15-11(16)10-3-1-9(2-4-10)5-7-14-8-6-13-12(14)17/h1-4,6,8H,5,7H2,(H,13,17)(H,15,16). The number of H-pyrrole nitrogens is 1. The van der Waals surface area contributed by atoms with Crippen LogP contribution in [0.4, 0.5) is 0 Å². The van der Waals surface area contributed by atoms with Crippen molar-refractivity contribution in [3.63, 3.8) is 0 Å². The van der Waals surface area contributed by atoms with Gasteiger partial charge < -0.3 is 10.1 Å². The zero-order chi connectivity index (χ0) is 12.3. The molecule has 17 heavy (non-hydrogen) atoms. The van der Waals surface area contributed by atoms with E-state index in [9.17, 15) is 9.59 Å². The number of carbonyl (C=O) groups is 1. The van der Waals surface area contributed by atoms with Crippen LogP contribution >= 0.6 is 0 Å². The average Bonchev–Trinajstić information content (AvgIpc) is 2.73. The van der Waals surface area contributed by atoms with E-state index >= 15 is 0 Å². The van der Waals surface area contributed by atoms with Crippen molar-refractivity contribution in [2.45, 2.75) is 13.0 Å². The molecule has 1 aromatic heterocycles. The van der Waals surface area contributed by atoms with Gasteiger partial charge in [-0.05, 0) is 24.1 Å². The van der Waals surface area contributed by atoms with Gasteiger partial charge in [-0.25, -0.2) is 9.59 Å². The van der Waals surface area contributed by atoms with Gasteiger partial charge in [0.2, 0.25) is 0 Å². The Balaban J connectivity index is 2.03. The van der Waals surface area contributed by atoms with Crippen molar-refractivity contribution in [1.29, 1.82) is 0 Å². The van der Waals surface area contributed by atoms with Gasteiger partial charge in [0.25, 0.3) is 0 Å². The molecule has 0 saturated carbocycles. The molecule has 0 atom stereocenters. The minimum atomic E-state index is -0.932. The zero-order valence-corrected chi connectivity index (χ0v) is 9.09. The van der Waals surface area contributed by atoms with Gasteiger partial charge in [-0.2, -0.15) is 0 Å². The molecule has 0 bridgehead atoms. The largest absolute Gasteiger partial charge is 0.478 e. The van der Waals surface area contributed by atoms with Crippen molar-refractivity contribution in [2.75, 3.05) is 0 Å². The molecule has 0 fully saturated rings. The summed E-state index contributed by atoms with van der Waals surface area (Å²) in [4.78, 5) is 24.4. The van der Waals surface area contributed by atoms with Gasteiger partial charge >= 0.3 is 11.7 Å². The van der Waals surface area contributed by atoms with Crippen molar-refractivity contribution < 1.29 is 9.90 Å². The van der Waals surface area contributed by atoms with Crippen LogP contribution in [0.3, 0.4) is 0 Å². The van der Waals surface area contributed by atoms with Crippen molar-refractivity contribution in [3.8, 4) is 0 Å². The smallest absolute Gasteiger partial charge is 0.335 e. The Morgan fingerprint density at radius 2 is 2.00 bits per heavy atom. The Morgan fingerprint density at radius 3 is 2.53 bits per heavy atom. The van der Waals surface area contributed by atoms with Crippen molar-refractivity contribution >= 4 is 5.97 Å². The number of carboxylic acid groups (broad SMARTS) is 1. The van der Waals surface area contributed by atoms with E-state index in [1.54, 1.807) is 41.2 Å². The summed E-state index contributed by atoms with van der Waals surface area (Å²) in [5.74, 6) is -0.932. The number of hydrogen-bond donors (Lipinski definition) is 2. The summed E-state index contributed by atoms with van der Waals surface area (Å²) in [5.41, 5.74) is 1.14. The van der Waals surface area contributed by atoms with Crippen LogP contribution in [0.25, 0.3) is 0 Å². The third-order valence-electron chi connectivity index (χ3n) is 2.56. The minimum Gasteiger partial charge on any atom is -0.478 e. The first-order chi connectivity index (χ1) is 8.16. The molecule has 0 radical (unpaired) electrons. The second kappa shape index (κ2) is 4.69. The molecule has 0 aliphatic rings. The molecule has 0 saturated heterocycles. The van der Waals surface area contributed by atoms with Gasteiger partial charge in [-0.3, -0.25) is 4.57 Å². The van der Waals surface area contributed by atoms with Crippen molar-refractivity contribution in [3.05, 3.63) is 58.3 Å². The summed E-state index contributed by atoms with van der Waals surface area (Å²) >= 11 is 0. The first-order valence-electron chi connectivity index (χ1n) is 5.23. The van der Waals surface area contributed by atoms with E-state index in [1.165, 1.54) is 0 Å². The number of imidazole rings is 1. The molecule has 0 aliphatic carbocycles. The van der Waals surface area contributed by atoms with E-state index in [0.717, 1.165) is 5.56 Å². The van der Waals surface area contributed by atoms with Crippen LogP contribution in [-0.2, 0) is 13.0 Å². The SMILES string of the molecule is O=C(O)c1ccc(CCn2cc[nH]c2=O)cc1. The number of aryl methyl sites for hydroxylation is 2. The first-order valence-corrected chi connectivity index (χ1v) is 5.23. The second-order valence-electron chi connectivity index (χ2n) is 3.71. The maximum Gasteiger partial charge on any atom is 0.335 e. The highest BCUT2D eigenvalue weighted by atomic mass is 16.4. The van der Waals surface area contributed by atoms with E-state index in [4.69, 9.17) is 5.11 Å². The topological polar surface area (TPSA) is 75.1 Å². The zero-order valence-electron chi connectivity index (χ0n) is 9.09. The van der Waals surface area contributed by atoms with Crippen LogP contribution in [0.2, 0.25) is 0 Å². The molecule has 5 heteroatoms. The highest BCUT2D eigenvalue weighted by Gasteiger charge is 2.02. The number of benzene rings is 1. The molecule has 5 nitrogen and oxygen atoms in total. The first kappa shape index (κ1) is 11.2. The lowest BCUT2D eigenvalue weighted by molar-refractivity contribution is 0.0697. The van der Waals surface area contributed by atoms with Crippen LogP contribution in [-0.4, -0.2) is 20.6 Å². The molecule has 0 amide bonds. The van der Waals surface area contributed by atoms with Gasteiger partial charge in [0, 0.05) is 18.9 Å². The lowest BCUT2D eigenvalue weighted by Gasteiger charge is -2.02. The van der Waals surface area contributed by atoms with Gasteiger partial charge in [0.1, 0.15) is 0 Å². The minimum absolute atomic E-state index is 0.132. The van der Waals surface area contributed by atoms with Crippen LogP contribution < -0.4 is 5.69 Å².